The Kier molecular flexibility index (Phi) is 3.78. The van der Waals surface area contributed by atoms with Gasteiger partial charge in [-0.1, -0.05) is 17.7 Å². The van der Waals surface area contributed by atoms with E-state index in [0.29, 0.717) is 16.3 Å². The molecule has 0 saturated heterocycles. The minimum Gasteiger partial charge on any atom is -0.455 e. The number of nitrogens with zero attached hydrogens (tertiary/aromatic N) is 1. The first-order valence-electron chi connectivity index (χ1n) is 5.96. The quantitative estimate of drug-likeness (QED) is 0.776. The molecule has 3 heteroatoms. The second-order valence-corrected chi connectivity index (χ2v) is 5.02. The van der Waals surface area contributed by atoms with Gasteiger partial charge in [-0.2, -0.15) is 5.26 Å². The molecule has 2 aromatic rings. The van der Waals surface area contributed by atoms with Crippen molar-refractivity contribution in [2.45, 2.75) is 20.8 Å². The summed E-state index contributed by atoms with van der Waals surface area (Å²) in [7, 11) is 0. The second-order valence-electron chi connectivity index (χ2n) is 4.58. The van der Waals surface area contributed by atoms with E-state index in [-0.39, 0.29) is 0 Å². The number of nitriles is 1. The van der Waals surface area contributed by atoms with E-state index in [4.69, 9.17) is 21.6 Å². The van der Waals surface area contributed by atoms with Gasteiger partial charge in [0.05, 0.1) is 5.56 Å². The Bertz CT molecular complexity index is 648. The number of rotatable bonds is 2. The van der Waals surface area contributed by atoms with Crippen LogP contribution < -0.4 is 4.74 Å². The summed E-state index contributed by atoms with van der Waals surface area (Å²) >= 11 is 6.00. The van der Waals surface area contributed by atoms with Crippen molar-refractivity contribution in [3.05, 3.63) is 57.6 Å². The highest BCUT2D eigenvalue weighted by atomic mass is 35.5. The van der Waals surface area contributed by atoms with Crippen LogP contribution in [0.25, 0.3) is 0 Å². The highest BCUT2D eigenvalue weighted by molar-refractivity contribution is 6.30. The highest BCUT2D eigenvalue weighted by Gasteiger charge is 2.10. The standard InChI is InChI=1S/C16H14ClNO/c1-10-4-5-13(9-18)15(6-10)19-16-11(2)7-14(17)8-12(16)3/h4-8H,1-3H3. The summed E-state index contributed by atoms with van der Waals surface area (Å²) in [6, 6.07) is 11.4. The lowest BCUT2D eigenvalue weighted by molar-refractivity contribution is 0.473. The predicted molar refractivity (Wildman–Crippen MR) is 76.9 cm³/mol. The van der Waals surface area contributed by atoms with Crippen molar-refractivity contribution >= 4 is 11.6 Å². The van der Waals surface area contributed by atoms with Crippen molar-refractivity contribution in [1.29, 1.82) is 5.26 Å². The van der Waals surface area contributed by atoms with E-state index >= 15 is 0 Å². The number of aryl methyl sites for hydroxylation is 3. The van der Waals surface area contributed by atoms with E-state index in [1.807, 2.05) is 45.0 Å². The lowest BCUT2D eigenvalue weighted by atomic mass is 10.1. The van der Waals surface area contributed by atoms with E-state index in [1.165, 1.54) is 0 Å². The van der Waals surface area contributed by atoms with Crippen molar-refractivity contribution in [2.75, 3.05) is 0 Å². The van der Waals surface area contributed by atoms with Gasteiger partial charge in [0.2, 0.25) is 0 Å². The maximum absolute atomic E-state index is 9.12. The van der Waals surface area contributed by atoms with Crippen LogP contribution in [0.15, 0.2) is 30.3 Å². The number of ether oxygens (including phenoxy) is 1. The van der Waals surface area contributed by atoms with Crippen LogP contribution in [0.2, 0.25) is 5.02 Å². The van der Waals surface area contributed by atoms with Gasteiger partial charge in [0.15, 0.2) is 0 Å². The topological polar surface area (TPSA) is 33.0 Å². The molecule has 0 bridgehead atoms. The van der Waals surface area contributed by atoms with E-state index in [9.17, 15) is 0 Å². The van der Waals surface area contributed by atoms with Crippen molar-refractivity contribution in [3.63, 3.8) is 0 Å². The molecule has 0 aromatic heterocycles. The molecule has 0 N–H and O–H groups in total. The van der Waals surface area contributed by atoms with Crippen LogP contribution in [0.4, 0.5) is 0 Å². The second kappa shape index (κ2) is 5.34. The van der Waals surface area contributed by atoms with E-state index in [2.05, 4.69) is 6.07 Å². The molecule has 2 rings (SSSR count). The summed E-state index contributed by atoms with van der Waals surface area (Å²) in [5.74, 6) is 1.34. The Hall–Kier alpha value is -1.98. The molecule has 0 saturated carbocycles. The zero-order chi connectivity index (χ0) is 14.0. The minimum absolute atomic E-state index is 0.527. The van der Waals surface area contributed by atoms with Crippen molar-refractivity contribution in [3.8, 4) is 17.6 Å². The number of hydrogen-bond donors (Lipinski definition) is 0. The van der Waals surface area contributed by atoms with Gasteiger partial charge in [-0.25, -0.2) is 0 Å². The van der Waals surface area contributed by atoms with Gasteiger partial charge in [-0.05, 0) is 61.7 Å². The molecule has 0 aliphatic carbocycles. The molecule has 96 valence electrons. The monoisotopic (exact) mass is 271 g/mol. The summed E-state index contributed by atoms with van der Waals surface area (Å²) in [5, 5.41) is 9.81. The first kappa shape index (κ1) is 13.5. The normalized spacial score (nSPS) is 10.1. The molecule has 0 fully saturated rings. The van der Waals surface area contributed by atoms with Gasteiger partial charge in [0, 0.05) is 5.02 Å². The maximum Gasteiger partial charge on any atom is 0.145 e. The van der Waals surface area contributed by atoms with Crippen molar-refractivity contribution in [1.82, 2.24) is 0 Å². The summed E-state index contributed by atoms with van der Waals surface area (Å²) in [6.45, 7) is 5.85. The van der Waals surface area contributed by atoms with E-state index in [0.717, 1.165) is 22.4 Å². The third kappa shape index (κ3) is 2.89. The molecule has 0 spiro atoms. The van der Waals surface area contributed by atoms with Crippen molar-refractivity contribution in [2.24, 2.45) is 0 Å². The molecule has 0 amide bonds. The fourth-order valence-electron chi connectivity index (χ4n) is 1.97. The summed E-state index contributed by atoms with van der Waals surface area (Å²) in [4.78, 5) is 0. The van der Waals surface area contributed by atoms with Gasteiger partial charge in [0.1, 0.15) is 17.6 Å². The lowest BCUT2D eigenvalue weighted by Crippen LogP contribution is -1.94. The van der Waals surface area contributed by atoms with Crippen LogP contribution in [0.5, 0.6) is 11.5 Å². The third-order valence-electron chi connectivity index (χ3n) is 2.89. The first-order valence-corrected chi connectivity index (χ1v) is 6.34. The molecular formula is C16H14ClNO. The molecule has 2 aromatic carbocycles. The molecule has 0 aliphatic rings. The molecule has 2 nitrogen and oxygen atoms in total. The number of benzene rings is 2. The Morgan fingerprint density at radius 2 is 1.68 bits per heavy atom. The first-order chi connectivity index (χ1) is 9.01. The maximum atomic E-state index is 9.12. The van der Waals surface area contributed by atoms with Crippen LogP contribution in [0.1, 0.15) is 22.3 Å². The summed E-state index contributed by atoms with van der Waals surface area (Å²) < 4.78 is 5.92. The lowest BCUT2D eigenvalue weighted by Gasteiger charge is -2.13. The molecule has 0 unspecified atom stereocenters. The van der Waals surface area contributed by atoms with Gasteiger partial charge in [-0.3, -0.25) is 0 Å². The molecule has 0 aliphatic heterocycles. The number of halogens is 1. The third-order valence-corrected chi connectivity index (χ3v) is 3.11. The Morgan fingerprint density at radius 3 is 2.26 bits per heavy atom. The molecule has 0 heterocycles. The average molecular weight is 272 g/mol. The largest absolute Gasteiger partial charge is 0.455 e. The van der Waals surface area contributed by atoms with Gasteiger partial charge in [-0.15, -0.1) is 0 Å². The molecule has 0 atom stereocenters. The Morgan fingerprint density at radius 1 is 1.05 bits per heavy atom. The van der Waals surface area contributed by atoms with Crippen LogP contribution >= 0.6 is 11.6 Å². The minimum atomic E-state index is 0.527. The van der Waals surface area contributed by atoms with Crippen LogP contribution in [-0.4, -0.2) is 0 Å². The highest BCUT2D eigenvalue weighted by Crippen LogP contribution is 2.33. The van der Waals surface area contributed by atoms with Crippen LogP contribution in [0, 0.1) is 32.1 Å². The number of hydrogen-bond acceptors (Lipinski definition) is 2. The van der Waals surface area contributed by atoms with Crippen LogP contribution in [0.3, 0.4) is 0 Å². The van der Waals surface area contributed by atoms with Crippen molar-refractivity contribution < 1.29 is 4.74 Å². The zero-order valence-corrected chi connectivity index (χ0v) is 11.9. The van der Waals surface area contributed by atoms with E-state index < -0.39 is 0 Å². The van der Waals surface area contributed by atoms with Crippen LogP contribution in [-0.2, 0) is 0 Å². The molecule has 0 radical (unpaired) electrons. The van der Waals surface area contributed by atoms with E-state index in [1.54, 1.807) is 6.07 Å². The SMILES string of the molecule is Cc1ccc(C#N)c(Oc2c(C)cc(Cl)cc2C)c1. The predicted octanol–water partition coefficient (Wildman–Crippen LogP) is 4.93. The fourth-order valence-corrected chi connectivity index (χ4v) is 2.30. The van der Waals surface area contributed by atoms with Gasteiger partial charge < -0.3 is 4.74 Å². The summed E-state index contributed by atoms with van der Waals surface area (Å²) in [6.07, 6.45) is 0. The molecular weight excluding hydrogens is 258 g/mol. The Labute approximate surface area is 118 Å². The van der Waals surface area contributed by atoms with Gasteiger partial charge >= 0.3 is 0 Å². The average Bonchev–Trinajstić information content (AvgIpc) is 2.34. The smallest absolute Gasteiger partial charge is 0.145 e. The summed E-state index contributed by atoms with van der Waals surface area (Å²) in [5.41, 5.74) is 3.49. The molecule has 19 heavy (non-hydrogen) atoms. The van der Waals surface area contributed by atoms with Gasteiger partial charge in [0.25, 0.3) is 0 Å². The fraction of sp³-hybridized carbons (Fsp3) is 0.188. The zero-order valence-electron chi connectivity index (χ0n) is 11.1. The Balaban J connectivity index is 2.48.